The number of carbonyl (C=O) groups is 2. The molecule has 0 aromatic heterocycles. The van der Waals surface area contributed by atoms with Gasteiger partial charge in [0.05, 0.1) is 5.69 Å². The average molecular weight is 452 g/mol. The highest BCUT2D eigenvalue weighted by Gasteiger charge is 2.26. The maximum absolute atomic E-state index is 12.9. The molecule has 31 heavy (non-hydrogen) atoms. The molecular weight excluding hydrogens is 430 g/mol. The molecule has 3 aromatic rings. The normalized spacial score (nSPS) is 15.2. The highest BCUT2D eigenvalue weighted by molar-refractivity contribution is 8.00. The molecule has 1 aliphatic rings. The lowest BCUT2D eigenvalue weighted by molar-refractivity contribution is 0.0951. The molecule has 3 amide bonds. The Kier molecular flexibility index (Phi) is 6.49. The fourth-order valence-electron chi connectivity index (χ4n) is 3.41. The molecule has 3 aromatic carbocycles. The molecule has 0 saturated heterocycles. The lowest BCUT2D eigenvalue weighted by Gasteiger charge is -2.32. The van der Waals surface area contributed by atoms with E-state index < -0.39 is 0 Å². The Labute approximate surface area is 190 Å². The predicted octanol–water partition coefficient (Wildman–Crippen LogP) is 5.80. The van der Waals surface area contributed by atoms with Gasteiger partial charge < -0.3 is 10.6 Å². The van der Waals surface area contributed by atoms with Gasteiger partial charge in [-0.2, -0.15) is 0 Å². The number of nitrogens with zero attached hydrogens (tertiary/aromatic N) is 1. The Morgan fingerprint density at radius 2 is 1.84 bits per heavy atom. The number of para-hydroxylation sites is 1. The van der Waals surface area contributed by atoms with Gasteiger partial charge in [0.25, 0.3) is 5.91 Å². The molecule has 0 unspecified atom stereocenters. The standard InChI is InChI=1S/C24H22ClN3O2S/c1-16-15-28(21-7-2-3-8-22(21)31-16)24(30)27-20-11-9-18(10-12-20)23(29)26-14-17-5-4-6-19(25)13-17/h2-13,16H,14-15H2,1H3,(H,26,29)(H,27,30)/t16-/m1/s1. The molecule has 1 heterocycles. The van der Waals surface area contributed by atoms with Crippen LogP contribution in [0.4, 0.5) is 16.2 Å². The summed E-state index contributed by atoms with van der Waals surface area (Å²) in [4.78, 5) is 28.2. The molecule has 0 radical (unpaired) electrons. The number of hydrogen-bond acceptors (Lipinski definition) is 3. The van der Waals surface area contributed by atoms with Gasteiger partial charge in [-0.3, -0.25) is 9.69 Å². The Hall–Kier alpha value is -2.96. The summed E-state index contributed by atoms with van der Waals surface area (Å²) in [5.41, 5.74) is 3.01. The van der Waals surface area contributed by atoms with Crippen molar-refractivity contribution in [3.8, 4) is 0 Å². The third-order valence-corrected chi connectivity index (χ3v) is 6.30. The highest BCUT2D eigenvalue weighted by atomic mass is 35.5. The number of benzene rings is 3. The second-order valence-corrected chi connectivity index (χ2v) is 9.24. The zero-order chi connectivity index (χ0) is 21.8. The third kappa shape index (κ3) is 5.21. The SMILES string of the molecule is C[C@@H]1CN(C(=O)Nc2ccc(C(=O)NCc3cccc(Cl)c3)cc2)c2ccccc2S1. The first-order valence-electron chi connectivity index (χ1n) is 9.96. The van der Waals surface area contributed by atoms with Crippen molar-refractivity contribution in [1.29, 1.82) is 0 Å². The summed E-state index contributed by atoms with van der Waals surface area (Å²) in [6.07, 6.45) is 0. The number of urea groups is 1. The van der Waals surface area contributed by atoms with Crippen molar-refractivity contribution in [1.82, 2.24) is 5.32 Å². The molecule has 5 nitrogen and oxygen atoms in total. The molecule has 158 valence electrons. The van der Waals surface area contributed by atoms with Crippen LogP contribution in [-0.4, -0.2) is 23.7 Å². The van der Waals surface area contributed by atoms with Crippen LogP contribution in [0.25, 0.3) is 0 Å². The van der Waals surface area contributed by atoms with Gasteiger partial charge in [-0.05, 0) is 54.1 Å². The molecule has 1 atom stereocenters. The first-order valence-corrected chi connectivity index (χ1v) is 11.2. The maximum Gasteiger partial charge on any atom is 0.326 e. The molecule has 2 N–H and O–H groups in total. The van der Waals surface area contributed by atoms with E-state index in [9.17, 15) is 9.59 Å². The van der Waals surface area contributed by atoms with Gasteiger partial charge in [0.15, 0.2) is 0 Å². The number of carbonyl (C=O) groups excluding carboxylic acids is 2. The molecular formula is C24H22ClN3O2S. The number of fused-ring (bicyclic) bond motifs is 1. The van der Waals surface area contributed by atoms with Crippen molar-refractivity contribution in [2.75, 3.05) is 16.8 Å². The van der Waals surface area contributed by atoms with Gasteiger partial charge >= 0.3 is 6.03 Å². The van der Waals surface area contributed by atoms with Crippen molar-refractivity contribution >= 4 is 46.7 Å². The summed E-state index contributed by atoms with van der Waals surface area (Å²) in [5, 5.41) is 6.76. The van der Waals surface area contributed by atoms with Crippen molar-refractivity contribution in [3.05, 3.63) is 88.9 Å². The minimum atomic E-state index is -0.186. The first-order chi connectivity index (χ1) is 15.0. The number of rotatable bonds is 4. The summed E-state index contributed by atoms with van der Waals surface area (Å²) in [6.45, 7) is 3.14. The molecule has 7 heteroatoms. The first kappa shape index (κ1) is 21.3. The molecule has 1 aliphatic heterocycles. The number of hydrogen-bond donors (Lipinski definition) is 2. The van der Waals surface area contributed by atoms with E-state index in [0.29, 0.717) is 34.6 Å². The van der Waals surface area contributed by atoms with E-state index in [1.54, 1.807) is 47.0 Å². The number of halogens is 1. The van der Waals surface area contributed by atoms with Crippen LogP contribution >= 0.6 is 23.4 Å². The van der Waals surface area contributed by atoms with Crippen LogP contribution in [0.3, 0.4) is 0 Å². The highest BCUT2D eigenvalue weighted by Crippen LogP contribution is 2.38. The van der Waals surface area contributed by atoms with Crippen molar-refractivity contribution in [2.24, 2.45) is 0 Å². The summed E-state index contributed by atoms with van der Waals surface area (Å²) in [7, 11) is 0. The fraction of sp³-hybridized carbons (Fsp3) is 0.167. The van der Waals surface area contributed by atoms with Gasteiger partial charge in [-0.15, -0.1) is 11.8 Å². The minimum Gasteiger partial charge on any atom is -0.348 e. The largest absolute Gasteiger partial charge is 0.348 e. The van der Waals surface area contributed by atoms with E-state index in [-0.39, 0.29) is 11.9 Å². The lowest BCUT2D eigenvalue weighted by Crippen LogP contribution is -2.41. The van der Waals surface area contributed by atoms with E-state index in [0.717, 1.165) is 16.1 Å². The van der Waals surface area contributed by atoms with E-state index in [1.165, 1.54) is 0 Å². The molecule has 0 saturated carbocycles. The minimum absolute atomic E-state index is 0.183. The molecule has 0 fully saturated rings. The summed E-state index contributed by atoms with van der Waals surface area (Å²) in [5.74, 6) is -0.186. The smallest absolute Gasteiger partial charge is 0.326 e. The zero-order valence-corrected chi connectivity index (χ0v) is 18.5. The number of amides is 3. The van der Waals surface area contributed by atoms with Crippen LogP contribution in [0.5, 0.6) is 0 Å². The summed E-state index contributed by atoms with van der Waals surface area (Å²) >= 11 is 7.75. The van der Waals surface area contributed by atoms with E-state index in [1.807, 2.05) is 42.5 Å². The Bertz CT molecular complexity index is 1100. The van der Waals surface area contributed by atoms with Crippen LogP contribution in [0.2, 0.25) is 5.02 Å². The van der Waals surface area contributed by atoms with Crippen LogP contribution in [0.1, 0.15) is 22.8 Å². The molecule has 0 bridgehead atoms. The van der Waals surface area contributed by atoms with Crippen LogP contribution in [0, 0.1) is 0 Å². The van der Waals surface area contributed by atoms with Crippen LogP contribution in [-0.2, 0) is 6.54 Å². The van der Waals surface area contributed by atoms with Crippen molar-refractivity contribution in [2.45, 2.75) is 23.6 Å². The topological polar surface area (TPSA) is 61.4 Å². The number of nitrogens with one attached hydrogen (secondary N) is 2. The van der Waals surface area contributed by atoms with Gasteiger partial charge in [-0.25, -0.2) is 4.79 Å². The number of thioether (sulfide) groups is 1. The monoisotopic (exact) mass is 451 g/mol. The van der Waals surface area contributed by atoms with Crippen LogP contribution in [0.15, 0.2) is 77.7 Å². The molecule has 4 rings (SSSR count). The second kappa shape index (κ2) is 9.45. The second-order valence-electron chi connectivity index (χ2n) is 7.33. The average Bonchev–Trinajstić information content (AvgIpc) is 2.77. The van der Waals surface area contributed by atoms with E-state index in [2.05, 4.69) is 17.6 Å². The van der Waals surface area contributed by atoms with E-state index >= 15 is 0 Å². The van der Waals surface area contributed by atoms with E-state index in [4.69, 9.17) is 11.6 Å². The Morgan fingerprint density at radius 1 is 1.06 bits per heavy atom. The predicted molar refractivity (Wildman–Crippen MR) is 127 cm³/mol. The van der Waals surface area contributed by atoms with Gasteiger partial charge in [0, 0.05) is 39.5 Å². The number of anilines is 2. The quantitative estimate of drug-likeness (QED) is 0.526. The van der Waals surface area contributed by atoms with Gasteiger partial charge in [-0.1, -0.05) is 42.8 Å². The van der Waals surface area contributed by atoms with Crippen LogP contribution < -0.4 is 15.5 Å². The molecule has 0 aliphatic carbocycles. The zero-order valence-electron chi connectivity index (χ0n) is 17.0. The fourth-order valence-corrected chi connectivity index (χ4v) is 4.73. The Balaban J connectivity index is 1.38. The summed E-state index contributed by atoms with van der Waals surface area (Å²) in [6, 6.07) is 22.0. The maximum atomic E-state index is 12.9. The third-order valence-electron chi connectivity index (χ3n) is 4.91. The Morgan fingerprint density at radius 3 is 2.61 bits per heavy atom. The van der Waals surface area contributed by atoms with Crippen molar-refractivity contribution < 1.29 is 9.59 Å². The van der Waals surface area contributed by atoms with Gasteiger partial charge in [0.2, 0.25) is 0 Å². The van der Waals surface area contributed by atoms with Gasteiger partial charge in [0.1, 0.15) is 0 Å². The lowest BCUT2D eigenvalue weighted by atomic mass is 10.1. The molecule has 0 spiro atoms. The van der Waals surface area contributed by atoms with Crippen molar-refractivity contribution in [3.63, 3.8) is 0 Å². The summed E-state index contributed by atoms with van der Waals surface area (Å²) < 4.78 is 0.